The van der Waals surface area contributed by atoms with Gasteiger partial charge in [0.2, 0.25) is 5.95 Å². The number of hydrogen-bond acceptors (Lipinski definition) is 3. The first kappa shape index (κ1) is 13.1. The van der Waals surface area contributed by atoms with Gasteiger partial charge < -0.3 is 5.32 Å². The van der Waals surface area contributed by atoms with E-state index in [-0.39, 0.29) is 11.4 Å². The van der Waals surface area contributed by atoms with E-state index in [4.69, 9.17) is 0 Å². The molecule has 2 aromatic carbocycles. The van der Waals surface area contributed by atoms with E-state index in [9.17, 15) is 9.18 Å². The molecule has 0 atom stereocenters. The first-order valence-electron chi connectivity index (χ1n) is 6.40. The molecule has 0 spiro atoms. The summed E-state index contributed by atoms with van der Waals surface area (Å²) in [4.78, 5) is 18.7. The van der Waals surface area contributed by atoms with Gasteiger partial charge in [0.25, 0.3) is 5.56 Å². The van der Waals surface area contributed by atoms with Crippen LogP contribution in [-0.4, -0.2) is 9.97 Å². The van der Waals surface area contributed by atoms with E-state index >= 15 is 0 Å². The van der Waals surface area contributed by atoms with Gasteiger partial charge in [-0.1, -0.05) is 18.2 Å². The summed E-state index contributed by atoms with van der Waals surface area (Å²) in [6.45, 7) is 0. The van der Waals surface area contributed by atoms with Gasteiger partial charge >= 0.3 is 0 Å². The van der Waals surface area contributed by atoms with Gasteiger partial charge in [-0.05, 0) is 36.4 Å². The van der Waals surface area contributed by atoms with Gasteiger partial charge in [-0.3, -0.25) is 9.78 Å². The van der Waals surface area contributed by atoms with E-state index in [0.29, 0.717) is 17.2 Å². The van der Waals surface area contributed by atoms with Crippen LogP contribution in [0, 0.1) is 5.82 Å². The Kier molecular flexibility index (Phi) is 3.47. The summed E-state index contributed by atoms with van der Waals surface area (Å²) in [6.07, 6.45) is 0. The number of hydrogen-bond donors (Lipinski definition) is 2. The van der Waals surface area contributed by atoms with E-state index in [0.717, 1.165) is 5.69 Å². The number of benzene rings is 2. The minimum absolute atomic E-state index is 0.275. The molecule has 0 aliphatic rings. The molecule has 0 amide bonds. The molecular weight excluding hydrogens is 269 g/mol. The molecule has 0 aliphatic carbocycles. The lowest BCUT2D eigenvalue weighted by Gasteiger charge is -2.07. The molecule has 3 rings (SSSR count). The number of halogens is 1. The van der Waals surface area contributed by atoms with E-state index in [1.54, 1.807) is 12.1 Å². The summed E-state index contributed by atoms with van der Waals surface area (Å²) in [6, 6.07) is 16.6. The van der Waals surface area contributed by atoms with Crippen molar-refractivity contribution in [1.82, 2.24) is 9.97 Å². The molecule has 21 heavy (non-hydrogen) atoms. The van der Waals surface area contributed by atoms with Gasteiger partial charge in [-0.25, -0.2) is 9.37 Å². The molecule has 104 valence electrons. The quantitative estimate of drug-likeness (QED) is 0.774. The van der Waals surface area contributed by atoms with E-state index in [1.807, 2.05) is 30.3 Å². The zero-order valence-electron chi connectivity index (χ0n) is 11.0. The fourth-order valence-corrected chi connectivity index (χ4v) is 1.94. The highest BCUT2D eigenvalue weighted by Crippen LogP contribution is 2.18. The first-order chi connectivity index (χ1) is 10.2. The maximum absolute atomic E-state index is 12.9. The average Bonchev–Trinajstić information content (AvgIpc) is 2.48. The van der Waals surface area contributed by atoms with E-state index in [2.05, 4.69) is 15.3 Å². The van der Waals surface area contributed by atoms with Crippen LogP contribution in [0.15, 0.2) is 65.5 Å². The zero-order valence-corrected chi connectivity index (χ0v) is 11.0. The highest BCUT2D eigenvalue weighted by atomic mass is 19.1. The van der Waals surface area contributed by atoms with Crippen LogP contribution in [0.2, 0.25) is 0 Å². The Labute approximate surface area is 120 Å². The van der Waals surface area contributed by atoms with Crippen molar-refractivity contribution in [3.63, 3.8) is 0 Å². The lowest BCUT2D eigenvalue weighted by molar-refractivity contribution is 0.628. The van der Waals surface area contributed by atoms with Crippen molar-refractivity contribution in [1.29, 1.82) is 0 Å². The van der Waals surface area contributed by atoms with E-state index < -0.39 is 0 Å². The fraction of sp³-hybridized carbons (Fsp3) is 0. The number of rotatable bonds is 3. The highest BCUT2D eigenvalue weighted by molar-refractivity contribution is 5.61. The second kappa shape index (κ2) is 5.58. The molecule has 0 aliphatic heterocycles. The summed E-state index contributed by atoms with van der Waals surface area (Å²) in [5, 5.41) is 3.03. The first-order valence-corrected chi connectivity index (χ1v) is 6.40. The van der Waals surface area contributed by atoms with Crippen molar-refractivity contribution in [3.8, 4) is 11.3 Å². The van der Waals surface area contributed by atoms with Gasteiger partial charge in [-0.2, -0.15) is 0 Å². The standard InChI is InChI=1S/C16H12FN3O/c17-12-8-6-11(7-9-12)14-10-15(21)20-16(19-14)18-13-4-2-1-3-5-13/h1-10H,(H2,18,19,20,21). The lowest BCUT2D eigenvalue weighted by Crippen LogP contribution is -2.10. The van der Waals surface area contributed by atoms with Gasteiger partial charge in [0.05, 0.1) is 5.69 Å². The zero-order chi connectivity index (χ0) is 14.7. The lowest BCUT2D eigenvalue weighted by atomic mass is 10.1. The van der Waals surface area contributed by atoms with Crippen LogP contribution in [0.3, 0.4) is 0 Å². The molecule has 1 heterocycles. The Morgan fingerprint density at radius 2 is 1.71 bits per heavy atom. The van der Waals surface area contributed by atoms with Crippen LogP contribution < -0.4 is 10.9 Å². The van der Waals surface area contributed by atoms with Gasteiger partial charge in [0.1, 0.15) is 5.82 Å². The SMILES string of the molecule is O=c1cc(-c2ccc(F)cc2)nc(Nc2ccccc2)[nH]1. The smallest absolute Gasteiger partial charge is 0.252 e. The number of para-hydroxylation sites is 1. The molecular formula is C16H12FN3O. The Morgan fingerprint density at radius 1 is 1.00 bits per heavy atom. The minimum Gasteiger partial charge on any atom is -0.326 e. The number of nitrogens with zero attached hydrogens (tertiary/aromatic N) is 1. The maximum Gasteiger partial charge on any atom is 0.252 e. The third-order valence-electron chi connectivity index (χ3n) is 2.92. The van der Waals surface area contributed by atoms with Gasteiger partial charge in [0.15, 0.2) is 0 Å². The van der Waals surface area contributed by atoms with Gasteiger partial charge in [0, 0.05) is 17.3 Å². The van der Waals surface area contributed by atoms with Crippen molar-refractivity contribution in [2.45, 2.75) is 0 Å². The molecule has 0 bridgehead atoms. The van der Waals surface area contributed by atoms with Crippen LogP contribution in [0.25, 0.3) is 11.3 Å². The third-order valence-corrected chi connectivity index (χ3v) is 2.92. The Bertz CT molecular complexity index is 798. The topological polar surface area (TPSA) is 57.8 Å². The molecule has 0 unspecified atom stereocenters. The molecule has 2 N–H and O–H groups in total. The Hall–Kier alpha value is -2.95. The number of anilines is 2. The van der Waals surface area contributed by atoms with Crippen LogP contribution >= 0.6 is 0 Å². The number of aromatic amines is 1. The summed E-state index contributed by atoms with van der Waals surface area (Å²) >= 11 is 0. The molecule has 0 saturated heterocycles. The predicted octanol–water partition coefficient (Wildman–Crippen LogP) is 3.32. The summed E-state index contributed by atoms with van der Waals surface area (Å²) in [5.74, 6) is 0.0132. The monoisotopic (exact) mass is 281 g/mol. The second-order valence-corrected chi connectivity index (χ2v) is 4.48. The minimum atomic E-state index is -0.328. The Balaban J connectivity index is 1.96. The van der Waals surface area contributed by atoms with Crippen LogP contribution in [-0.2, 0) is 0 Å². The molecule has 4 nitrogen and oxygen atoms in total. The molecule has 0 saturated carbocycles. The normalized spacial score (nSPS) is 10.3. The predicted molar refractivity (Wildman–Crippen MR) is 80.0 cm³/mol. The molecule has 0 radical (unpaired) electrons. The number of aromatic nitrogens is 2. The van der Waals surface area contributed by atoms with Crippen LogP contribution in [0.4, 0.5) is 16.0 Å². The number of H-pyrrole nitrogens is 1. The van der Waals surface area contributed by atoms with Crippen LogP contribution in [0.1, 0.15) is 0 Å². The fourth-order valence-electron chi connectivity index (χ4n) is 1.94. The maximum atomic E-state index is 12.9. The largest absolute Gasteiger partial charge is 0.326 e. The average molecular weight is 281 g/mol. The highest BCUT2D eigenvalue weighted by Gasteiger charge is 2.04. The molecule has 1 aromatic heterocycles. The van der Waals surface area contributed by atoms with Crippen molar-refractivity contribution in [3.05, 3.63) is 76.8 Å². The Morgan fingerprint density at radius 3 is 2.43 bits per heavy atom. The van der Waals surface area contributed by atoms with Crippen LogP contribution in [0.5, 0.6) is 0 Å². The third kappa shape index (κ3) is 3.14. The molecule has 5 heteroatoms. The summed E-state index contributed by atoms with van der Waals surface area (Å²) < 4.78 is 12.9. The van der Waals surface area contributed by atoms with Crippen molar-refractivity contribution < 1.29 is 4.39 Å². The van der Waals surface area contributed by atoms with Crippen molar-refractivity contribution in [2.75, 3.05) is 5.32 Å². The summed E-state index contributed by atoms with van der Waals surface area (Å²) in [5.41, 5.74) is 1.70. The summed E-state index contributed by atoms with van der Waals surface area (Å²) in [7, 11) is 0. The molecule has 3 aromatic rings. The van der Waals surface area contributed by atoms with Crippen molar-refractivity contribution >= 4 is 11.6 Å². The van der Waals surface area contributed by atoms with Crippen molar-refractivity contribution in [2.24, 2.45) is 0 Å². The number of nitrogens with one attached hydrogen (secondary N) is 2. The second-order valence-electron chi connectivity index (χ2n) is 4.48. The van der Waals surface area contributed by atoms with Gasteiger partial charge in [-0.15, -0.1) is 0 Å². The molecule has 0 fully saturated rings. The van der Waals surface area contributed by atoms with E-state index in [1.165, 1.54) is 18.2 Å².